The van der Waals surface area contributed by atoms with Crippen molar-refractivity contribution in [1.82, 2.24) is 15.1 Å². The summed E-state index contributed by atoms with van der Waals surface area (Å²) in [7, 11) is 0. The molecule has 2 aromatic rings. The lowest BCUT2D eigenvalue weighted by atomic mass is 10.1. The van der Waals surface area contributed by atoms with Crippen LogP contribution in [0.4, 0.5) is 0 Å². The molecule has 0 aromatic heterocycles. The van der Waals surface area contributed by atoms with E-state index >= 15 is 0 Å². The Bertz CT molecular complexity index is 711. The van der Waals surface area contributed by atoms with E-state index in [0.717, 1.165) is 66.4 Å². The van der Waals surface area contributed by atoms with Crippen LogP contribution >= 0.6 is 35.4 Å². The van der Waals surface area contributed by atoms with E-state index in [1.807, 2.05) is 24.3 Å². The third-order valence-corrected chi connectivity index (χ3v) is 5.75. The summed E-state index contributed by atoms with van der Waals surface area (Å²) in [6, 6.07) is 16.1. The van der Waals surface area contributed by atoms with E-state index in [4.69, 9.17) is 35.4 Å². The Labute approximate surface area is 170 Å². The number of hydrogen-bond acceptors (Lipinski definition) is 2. The minimum atomic E-state index is 0.734. The maximum absolute atomic E-state index is 6.28. The van der Waals surface area contributed by atoms with Crippen LogP contribution in [0.15, 0.2) is 48.5 Å². The molecule has 3 nitrogen and oxygen atoms in total. The Morgan fingerprint density at radius 2 is 1.58 bits per heavy atom. The zero-order chi connectivity index (χ0) is 18.4. The summed E-state index contributed by atoms with van der Waals surface area (Å²) in [6.45, 7) is 5.36. The van der Waals surface area contributed by atoms with Crippen molar-refractivity contribution in [2.75, 3.05) is 32.7 Å². The summed E-state index contributed by atoms with van der Waals surface area (Å²) in [6.07, 6.45) is 0.978. The third kappa shape index (κ3) is 5.34. The molecule has 2 aromatic carbocycles. The van der Waals surface area contributed by atoms with Crippen LogP contribution in [-0.4, -0.2) is 47.6 Å². The van der Waals surface area contributed by atoms with Crippen LogP contribution in [0.2, 0.25) is 10.0 Å². The molecule has 1 aliphatic heterocycles. The van der Waals surface area contributed by atoms with Crippen molar-refractivity contribution in [3.8, 4) is 0 Å². The van der Waals surface area contributed by atoms with Crippen molar-refractivity contribution in [1.29, 1.82) is 0 Å². The van der Waals surface area contributed by atoms with E-state index < -0.39 is 0 Å². The van der Waals surface area contributed by atoms with Gasteiger partial charge in [0.15, 0.2) is 5.11 Å². The van der Waals surface area contributed by atoms with Gasteiger partial charge in [-0.2, -0.15) is 0 Å². The van der Waals surface area contributed by atoms with Gasteiger partial charge in [-0.3, -0.25) is 4.90 Å². The maximum atomic E-state index is 6.28. The Morgan fingerprint density at radius 1 is 0.923 bits per heavy atom. The summed E-state index contributed by atoms with van der Waals surface area (Å²) in [5, 5.41) is 5.69. The summed E-state index contributed by atoms with van der Waals surface area (Å²) in [5.41, 5.74) is 2.33. The lowest BCUT2D eigenvalue weighted by Gasteiger charge is -2.36. The molecule has 26 heavy (non-hydrogen) atoms. The van der Waals surface area contributed by atoms with E-state index in [1.165, 1.54) is 5.56 Å². The van der Waals surface area contributed by atoms with Gasteiger partial charge in [-0.15, -0.1) is 0 Å². The lowest BCUT2D eigenvalue weighted by Crippen LogP contribution is -2.51. The van der Waals surface area contributed by atoms with E-state index in [9.17, 15) is 0 Å². The number of piperazine rings is 1. The van der Waals surface area contributed by atoms with Gasteiger partial charge < -0.3 is 10.2 Å². The molecule has 1 aliphatic rings. The van der Waals surface area contributed by atoms with E-state index in [1.54, 1.807) is 0 Å². The van der Waals surface area contributed by atoms with Gasteiger partial charge in [-0.05, 0) is 36.3 Å². The molecule has 1 heterocycles. The predicted octanol–water partition coefficient (Wildman–Crippen LogP) is 4.23. The zero-order valence-corrected chi connectivity index (χ0v) is 17.0. The van der Waals surface area contributed by atoms with Crippen LogP contribution in [0.5, 0.6) is 0 Å². The number of rotatable bonds is 5. The van der Waals surface area contributed by atoms with Gasteiger partial charge in [0.25, 0.3) is 0 Å². The van der Waals surface area contributed by atoms with Crippen LogP contribution in [0, 0.1) is 0 Å². The van der Waals surface area contributed by atoms with Crippen molar-refractivity contribution in [2.24, 2.45) is 0 Å². The van der Waals surface area contributed by atoms with Crippen LogP contribution in [0.1, 0.15) is 11.1 Å². The Balaban J connectivity index is 1.42. The fourth-order valence-electron chi connectivity index (χ4n) is 3.09. The summed E-state index contributed by atoms with van der Waals surface area (Å²) in [4.78, 5) is 4.61. The predicted molar refractivity (Wildman–Crippen MR) is 114 cm³/mol. The highest BCUT2D eigenvalue weighted by Gasteiger charge is 2.20. The first-order valence-corrected chi connectivity index (χ1v) is 10.0. The van der Waals surface area contributed by atoms with Crippen molar-refractivity contribution < 1.29 is 0 Å². The van der Waals surface area contributed by atoms with Crippen molar-refractivity contribution in [3.05, 3.63) is 69.7 Å². The van der Waals surface area contributed by atoms with Crippen molar-refractivity contribution >= 4 is 40.5 Å². The quantitative estimate of drug-likeness (QED) is 0.747. The average Bonchev–Trinajstić information content (AvgIpc) is 2.66. The van der Waals surface area contributed by atoms with Gasteiger partial charge in [0.05, 0.1) is 0 Å². The molecule has 0 spiro atoms. The minimum absolute atomic E-state index is 0.734. The summed E-state index contributed by atoms with van der Waals surface area (Å²) >= 11 is 18.1. The molecule has 0 unspecified atom stereocenters. The summed E-state index contributed by atoms with van der Waals surface area (Å²) < 4.78 is 0. The zero-order valence-electron chi connectivity index (χ0n) is 14.6. The van der Waals surface area contributed by atoms with Crippen molar-refractivity contribution in [3.63, 3.8) is 0 Å². The highest BCUT2D eigenvalue weighted by molar-refractivity contribution is 7.80. The Hall–Kier alpha value is -1.33. The molecule has 0 bridgehead atoms. The average molecular weight is 408 g/mol. The van der Waals surface area contributed by atoms with Gasteiger partial charge in [-0.1, -0.05) is 59.6 Å². The first-order chi connectivity index (χ1) is 12.6. The van der Waals surface area contributed by atoms with Crippen LogP contribution in [0.25, 0.3) is 0 Å². The Kier molecular flexibility index (Phi) is 7.15. The maximum Gasteiger partial charge on any atom is 0.169 e. The van der Waals surface area contributed by atoms with Gasteiger partial charge >= 0.3 is 0 Å². The fourth-order valence-corrected chi connectivity index (χ4v) is 3.89. The van der Waals surface area contributed by atoms with Gasteiger partial charge in [0.1, 0.15) is 0 Å². The number of benzene rings is 2. The van der Waals surface area contributed by atoms with Gasteiger partial charge in [-0.25, -0.2) is 0 Å². The molecular formula is C20H23Cl2N3S. The topological polar surface area (TPSA) is 18.5 Å². The normalized spacial score (nSPS) is 15.1. The second-order valence-electron chi connectivity index (χ2n) is 6.43. The smallest absolute Gasteiger partial charge is 0.169 e. The molecule has 1 fully saturated rings. The lowest BCUT2D eigenvalue weighted by molar-refractivity contribution is 0.174. The molecule has 1 saturated heterocycles. The summed E-state index contributed by atoms with van der Waals surface area (Å²) in [5.74, 6) is 0. The molecule has 0 aliphatic carbocycles. The van der Waals surface area contributed by atoms with E-state index in [0.29, 0.717) is 0 Å². The number of hydrogen-bond donors (Lipinski definition) is 1. The third-order valence-electron chi connectivity index (χ3n) is 4.64. The highest BCUT2D eigenvalue weighted by Crippen LogP contribution is 2.26. The number of thiocarbonyl (C=S) groups is 1. The molecular weight excluding hydrogens is 385 g/mol. The van der Waals surface area contributed by atoms with Gasteiger partial charge in [0.2, 0.25) is 0 Å². The molecule has 6 heteroatoms. The first kappa shape index (κ1) is 19.4. The number of nitrogens with one attached hydrogen (secondary N) is 1. The molecule has 0 amide bonds. The second kappa shape index (κ2) is 9.56. The first-order valence-electron chi connectivity index (χ1n) is 8.85. The monoisotopic (exact) mass is 407 g/mol. The standard InChI is InChI=1S/C20H23Cl2N3S/c21-18-7-4-8-19(22)17(18)15-24-11-13-25(14-12-24)20(26)23-10-9-16-5-2-1-3-6-16/h1-8H,9-15H2,(H,23,26). The molecule has 0 saturated carbocycles. The number of halogens is 2. The molecule has 3 rings (SSSR count). The fraction of sp³-hybridized carbons (Fsp3) is 0.350. The number of nitrogens with zero attached hydrogens (tertiary/aromatic N) is 2. The Morgan fingerprint density at radius 3 is 2.23 bits per heavy atom. The van der Waals surface area contributed by atoms with E-state index in [2.05, 4.69) is 39.4 Å². The largest absolute Gasteiger partial charge is 0.362 e. The second-order valence-corrected chi connectivity index (χ2v) is 7.63. The SMILES string of the molecule is S=C(NCCc1ccccc1)N1CCN(Cc2c(Cl)cccc2Cl)CC1. The van der Waals surface area contributed by atoms with Crippen LogP contribution in [0.3, 0.4) is 0 Å². The molecule has 138 valence electrons. The molecule has 1 N–H and O–H groups in total. The van der Waals surface area contributed by atoms with Crippen LogP contribution in [-0.2, 0) is 13.0 Å². The highest BCUT2D eigenvalue weighted by atomic mass is 35.5. The van der Waals surface area contributed by atoms with Crippen molar-refractivity contribution in [2.45, 2.75) is 13.0 Å². The molecule has 0 atom stereocenters. The van der Waals surface area contributed by atoms with Crippen LogP contribution < -0.4 is 5.32 Å². The molecule has 0 radical (unpaired) electrons. The van der Waals surface area contributed by atoms with Gasteiger partial charge in [0, 0.05) is 54.9 Å². The minimum Gasteiger partial charge on any atom is -0.362 e. The van der Waals surface area contributed by atoms with E-state index in [-0.39, 0.29) is 0 Å².